The van der Waals surface area contributed by atoms with Gasteiger partial charge in [0, 0.05) is 0 Å². The maximum absolute atomic E-state index is 11.4. The average Bonchev–Trinajstić information content (AvgIpc) is 1.83. The van der Waals surface area contributed by atoms with E-state index >= 15 is 0 Å². The van der Waals surface area contributed by atoms with Crippen molar-refractivity contribution in [2.24, 2.45) is 5.92 Å². The van der Waals surface area contributed by atoms with E-state index in [2.05, 4.69) is 0 Å². The van der Waals surface area contributed by atoms with Gasteiger partial charge < -0.3 is 5.11 Å². The van der Waals surface area contributed by atoms with Crippen LogP contribution in [0.4, 0.5) is 0 Å². The van der Waals surface area contributed by atoms with Crippen LogP contribution in [0.2, 0.25) is 0 Å². The van der Waals surface area contributed by atoms with E-state index in [0.717, 1.165) is 18.4 Å². The molecule has 0 heterocycles. The summed E-state index contributed by atoms with van der Waals surface area (Å²) in [6.07, 6.45) is 3.37. The maximum Gasteiger partial charge on any atom is 0.161 e. The number of hydrogen-bond acceptors (Lipinski definition) is 2. The van der Waals surface area contributed by atoms with Crippen LogP contribution in [0.25, 0.3) is 0 Å². The highest BCUT2D eigenvalue weighted by Gasteiger charge is 2.33. The average molecular weight is 168 g/mol. The van der Waals surface area contributed by atoms with Gasteiger partial charge in [-0.25, -0.2) is 0 Å². The van der Waals surface area contributed by atoms with Gasteiger partial charge in [0.2, 0.25) is 0 Å². The third-order valence-corrected chi connectivity index (χ3v) is 2.41. The topological polar surface area (TPSA) is 37.3 Å². The standard InChI is InChI=1S/C10H16O2/c1-7-4-5-8(9(11)6-7)10(2,3)12/h6,8,12H,4-5H2,1-3H3/t8-/m1/s1. The van der Waals surface area contributed by atoms with Gasteiger partial charge in [-0.1, -0.05) is 5.57 Å². The van der Waals surface area contributed by atoms with Gasteiger partial charge in [0.15, 0.2) is 5.78 Å². The largest absolute Gasteiger partial charge is 0.390 e. The molecule has 0 amide bonds. The molecule has 1 aliphatic rings. The number of carbonyl (C=O) groups excluding carboxylic acids is 1. The van der Waals surface area contributed by atoms with Crippen molar-refractivity contribution in [2.45, 2.75) is 39.2 Å². The third kappa shape index (κ3) is 1.95. The maximum atomic E-state index is 11.4. The smallest absolute Gasteiger partial charge is 0.161 e. The highest BCUT2D eigenvalue weighted by atomic mass is 16.3. The van der Waals surface area contributed by atoms with Crippen molar-refractivity contribution in [3.63, 3.8) is 0 Å². The number of hydrogen-bond donors (Lipinski definition) is 1. The zero-order valence-electron chi connectivity index (χ0n) is 7.92. The Balaban J connectivity index is 2.79. The summed E-state index contributed by atoms with van der Waals surface area (Å²) in [6, 6.07) is 0. The predicted octanol–water partition coefficient (Wildman–Crippen LogP) is 1.68. The van der Waals surface area contributed by atoms with Crippen molar-refractivity contribution in [1.29, 1.82) is 0 Å². The quantitative estimate of drug-likeness (QED) is 0.646. The minimum absolute atomic E-state index is 0.0752. The zero-order valence-corrected chi connectivity index (χ0v) is 7.92. The van der Waals surface area contributed by atoms with E-state index in [-0.39, 0.29) is 11.7 Å². The monoisotopic (exact) mass is 168 g/mol. The molecule has 1 rings (SSSR count). The molecule has 1 atom stereocenters. The van der Waals surface area contributed by atoms with E-state index < -0.39 is 5.60 Å². The molecule has 1 aliphatic carbocycles. The first-order valence-corrected chi connectivity index (χ1v) is 4.34. The zero-order chi connectivity index (χ0) is 9.35. The Morgan fingerprint density at radius 3 is 2.58 bits per heavy atom. The van der Waals surface area contributed by atoms with Crippen molar-refractivity contribution in [2.75, 3.05) is 0 Å². The van der Waals surface area contributed by atoms with Gasteiger partial charge in [-0.05, 0) is 39.7 Å². The Morgan fingerprint density at radius 2 is 2.17 bits per heavy atom. The molecule has 0 aromatic rings. The number of rotatable bonds is 1. The molecule has 0 aliphatic heterocycles. The normalized spacial score (nSPS) is 25.5. The molecule has 0 spiro atoms. The van der Waals surface area contributed by atoms with E-state index in [1.54, 1.807) is 19.9 Å². The molecule has 0 saturated heterocycles. The van der Waals surface area contributed by atoms with E-state index in [0.29, 0.717) is 0 Å². The van der Waals surface area contributed by atoms with Crippen molar-refractivity contribution in [3.05, 3.63) is 11.6 Å². The lowest BCUT2D eigenvalue weighted by Crippen LogP contribution is -2.37. The number of ketones is 1. The van der Waals surface area contributed by atoms with Crippen LogP contribution < -0.4 is 0 Å². The van der Waals surface area contributed by atoms with Crippen molar-refractivity contribution in [1.82, 2.24) is 0 Å². The molecule has 0 radical (unpaired) electrons. The molecule has 2 heteroatoms. The summed E-state index contributed by atoms with van der Waals surface area (Å²) in [5.74, 6) is -0.132. The lowest BCUT2D eigenvalue weighted by molar-refractivity contribution is -0.126. The molecule has 12 heavy (non-hydrogen) atoms. The van der Waals surface area contributed by atoms with Gasteiger partial charge in [0.25, 0.3) is 0 Å². The van der Waals surface area contributed by atoms with Crippen LogP contribution >= 0.6 is 0 Å². The van der Waals surface area contributed by atoms with Crippen LogP contribution in [0.1, 0.15) is 33.6 Å². The van der Waals surface area contributed by atoms with Crippen molar-refractivity contribution in [3.8, 4) is 0 Å². The molecule has 68 valence electrons. The Hall–Kier alpha value is -0.630. The number of carbonyl (C=O) groups is 1. The lowest BCUT2D eigenvalue weighted by atomic mass is 9.79. The summed E-state index contributed by atoms with van der Waals surface area (Å²) in [5.41, 5.74) is 0.259. The molecule has 0 fully saturated rings. The first-order valence-electron chi connectivity index (χ1n) is 4.34. The summed E-state index contributed by atoms with van der Waals surface area (Å²) in [5, 5.41) is 9.65. The fourth-order valence-electron chi connectivity index (χ4n) is 1.63. The molecule has 2 nitrogen and oxygen atoms in total. The van der Waals surface area contributed by atoms with E-state index in [1.165, 1.54) is 0 Å². The van der Waals surface area contributed by atoms with Crippen LogP contribution in [-0.4, -0.2) is 16.5 Å². The second-order valence-electron chi connectivity index (χ2n) is 4.14. The van der Waals surface area contributed by atoms with Crippen LogP contribution in [0.3, 0.4) is 0 Å². The molecular formula is C10H16O2. The Labute approximate surface area is 73.3 Å². The van der Waals surface area contributed by atoms with Crippen LogP contribution in [0, 0.1) is 5.92 Å². The van der Waals surface area contributed by atoms with Gasteiger partial charge in [-0.3, -0.25) is 4.79 Å². The number of aliphatic hydroxyl groups is 1. The molecular weight excluding hydrogens is 152 g/mol. The molecule has 0 bridgehead atoms. The molecule has 1 N–H and O–H groups in total. The van der Waals surface area contributed by atoms with Gasteiger partial charge in [-0.15, -0.1) is 0 Å². The highest BCUT2D eigenvalue weighted by molar-refractivity contribution is 5.93. The Kier molecular flexibility index (Phi) is 2.38. The summed E-state index contributed by atoms with van der Waals surface area (Å²) in [4.78, 5) is 11.4. The summed E-state index contributed by atoms with van der Waals surface area (Å²) in [6.45, 7) is 5.35. The Bertz CT molecular complexity index is 220. The van der Waals surface area contributed by atoms with E-state index in [1.807, 2.05) is 6.92 Å². The minimum atomic E-state index is -0.867. The molecule has 0 unspecified atom stereocenters. The second-order valence-corrected chi connectivity index (χ2v) is 4.14. The van der Waals surface area contributed by atoms with Crippen molar-refractivity contribution >= 4 is 5.78 Å². The fraction of sp³-hybridized carbons (Fsp3) is 0.700. The SMILES string of the molecule is CC1=CC(=O)[C@H](C(C)(C)O)CC1. The summed E-state index contributed by atoms with van der Waals surface area (Å²) in [7, 11) is 0. The first kappa shape index (κ1) is 9.46. The van der Waals surface area contributed by atoms with E-state index in [4.69, 9.17) is 0 Å². The van der Waals surface area contributed by atoms with Gasteiger partial charge in [0.1, 0.15) is 0 Å². The summed E-state index contributed by atoms with van der Waals surface area (Å²) >= 11 is 0. The van der Waals surface area contributed by atoms with Crippen LogP contribution in [-0.2, 0) is 4.79 Å². The van der Waals surface area contributed by atoms with Crippen LogP contribution in [0.15, 0.2) is 11.6 Å². The summed E-state index contributed by atoms with van der Waals surface area (Å²) < 4.78 is 0. The van der Waals surface area contributed by atoms with Gasteiger partial charge >= 0.3 is 0 Å². The number of allylic oxidation sites excluding steroid dienone is 2. The highest BCUT2D eigenvalue weighted by Crippen LogP contribution is 2.28. The predicted molar refractivity (Wildman–Crippen MR) is 47.8 cm³/mol. The minimum Gasteiger partial charge on any atom is -0.390 e. The molecule has 0 aromatic carbocycles. The fourth-order valence-corrected chi connectivity index (χ4v) is 1.63. The Morgan fingerprint density at radius 1 is 1.58 bits per heavy atom. The molecule has 0 saturated carbocycles. The second kappa shape index (κ2) is 3.02. The lowest BCUT2D eigenvalue weighted by Gasteiger charge is -2.29. The first-order chi connectivity index (χ1) is 5.41. The molecule has 0 aromatic heterocycles. The van der Waals surface area contributed by atoms with Crippen molar-refractivity contribution < 1.29 is 9.90 Å². The third-order valence-electron chi connectivity index (χ3n) is 2.41. The van der Waals surface area contributed by atoms with Crippen LogP contribution in [0.5, 0.6) is 0 Å². The van der Waals surface area contributed by atoms with E-state index in [9.17, 15) is 9.90 Å². The van der Waals surface area contributed by atoms with Gasteiger partial charge in [0.05, 0.1) is 11.5 Å². The van der Waals surface area contributed by atoms with Gasteiger partial charge in [-0.2, -0.15) is 0 Å².